The molecule has 1 aromatic heterocycles. The van der Waals surface area contributed by atoms with Gasteiger partial charge in [0.15, 0.2) is 0 Å². The Kier molecular flexibility index (Phi) is 7.74. The second-order valence-electron chi connectivity index (χ2n) is 7.92. The number of carbonyl (C=O) groups excluding carboxylic acids is 2. The summed E-state index contributed by atoms with van der Waals surface area (Å²) in [6.07, 6.45) is 1.54. The molecule has 1 amide bonds. The molecule has 1 N–H and O–H groups in total. The van der Waals surface area contributed by atoms with Crippen molar-refractivity contribution in [2.24, 2.45) is 0 Å². The van der Waals surface area contributed by atoms with E-state index in [4.69, 9.17) is 14.2 Å². The molecule has 2 aromatic rings. The predicted octanol–water partition coefficient (Wildman–Crippen LogP) is 2.08. The molecule has 0 spiro atoms. The lowest BCUT2D eigenvalue weighted by atomic mass is 10.1. The largest absolute Gasteiger partial charge is 0.496 e. The Morgan fingerprint density at radius 3 is 2.34 bits per heavy atom. The summed E-state index contributed by atoms with van der Waals surface area (Å²) in [5.41, 5.74) is 1.72. The van der Waals surface area contributed by atoms with Crippen LogP contribution in [0.15, 0.2) is 18.3 Å². The van der Waals surface area contributed by atoms with Crippen LogP contribution in [-0.2, 0) is 9.53 Å². The first kappa shape index (κ1) is 23.6. The zero-order valence-electron chi connectivity index (χ0n) is 19.4. The van der Waals surface area contributed by atoms with E-state index in [1.165, 1.54) is 0 Å². The van der Waals surface area contributed by atoms with Crippen molar-refractivity contribution in [3.05, 3.63) is 23.9 Å². The number of anilines is 1. The molecule has 1 saturated heterocycles. The van der Waals surface area contributed by atoms with Crippen LogP contribution in [-0.4, -0.2) is 81.4 Å². The number of fused-ring (bicyclic) bond motifs is 1. The Balaban J connectivity index is 1.98. The average Bonchev–Trinajstić information content (AvgIpc) is 2.77. The molecule has 32 heavy (non-hydrogen) atoms. The van der Waals surface area contributed by atoms with Crippen LogP contribution in [0, 0.1) is 0 Å². The third-order valence-corrected chi connectivity index (χ3v) is 5.36. The number of methoxy groups -OCH3 is 2. The smallest absolute Gasteiger partial charge is 0.341 e. The summed E-state index contributed by atoms with van der Waals surface area (Å²) in [6.45, 7) is 8.94. The van der Waals surface area contributed by atoms with Crippen LogP contribution in [0.3, 0.4) is 0 Å². The van der Waals surface area contributed by atoms with Gasteiger partial charge in [0.2, 0.25) is 5.91 Å². The number of benzene rings is 1. The van der Waals surface area contributed by atoms with Crippen LogP contribution in [0.25, 0.3) is 10.9 Å². The number of esters is 1. The normalized spacial score (nSPS) is 14.5. The number of nitrogens with one attached hydrogen (secondary N) is 1. The lowest BCUT2D eigenvalue weighted by Crippen LogP contribution is -2.50. The Labute approximate surface area is 188 Å². The maximum Gasteiger partial charge on any atom is 0.341 e. The van der Waals surface area contributed by atoms with Gasteiger partial charge in [-0.05, 0) is 32.9 Å². The van der Waals surface area contributed by atoms with E-state index in [-0.39, 0.29) is 18.6 Å². The molecule has 0 radical (unpaired) electrons. The molecule has 0 atom stereocenters. The highest BCUT2D eigenvalue weighted by Gasteiger charge is 2.28. The number of rotatable bonds is 8. The number of amides is 1. The fraction of sp³-hybridized carbons (Fsp3) is 0.522. The van der Waals surface area contributed by atoms with Gasteiger partial charge in [-0.3, -0.25) is 14.7 Å². The Bertz CT molecular complexity index is 971. The first-order valence-corrected chi connectivity index (χ1v) is 10.9. The van der Waals surface area contributed by atoms with E-state index in [1.807, 2.05) is 19.9 Å². The summed E-state index contributed by atoms with van der Waals surface area (Å²) in [5.74, 6) is 0.789. The highest BCUT2D eigenvalue weighted by atomic mass is 16.5. The Hall–Kier alpha value is -3.07. The summed E-state index contributed by atoms with van der Waals surface area (Å²) in [6, 6.07) is 3.72. The van der Waals surface area contributed by atoms with Gasteiger partial charge in [-0.1, -0.05) is 0 Å². The van der Waals surface area contributed by atoms with E-state index < -0.39 is 5.97 Å². The van der Waals surface area contributed by atoms with Crippen molar-refractivity contribution in [3.63, 3.8) is 0 Å². The van der Waals surface area contributed by atoms with Crippen LogP contribution in [0.5, 0.6) is 11.5 Å². The van der Waals surface area contributed by atoms with Gasteiger partial charge in [0.1, 0.15) is 22.6 Å². The highest BCUT2D eigenvalue weighted by Crippen LogP contribution is 2.40. The minimum Gasteiger partial charge on any atom is -0.496 e. The van der Waals surface area contributed by atoms with Crippen LogP contribution in [0.2, 0.25) is 0 Å². The predicted molar refractivity (Wildman–Crippen MR) is 123 cm³/mol. The lowest BCUT2D eigenvalue weighted by Gasteiger charge is -2.37. The van der Waals surface area contributed by atoms with Crippen molar-refractivity contribution in [1.29, 1.82) is 0 Å². The molecule has 0 unspecified atom stereocenters. The van der Waals surface area contributed by atoms with Crippen molar-refractivity contribution < 1.29 is 23.8 Å². The maximum absolute atomic E-state index is 12.8. The lowest BCUT2D eigenvalue weighted by molar-refractivity contribution is -0.122. The van der Waals surface area contributed by atoms with Crippen molar-refractivity contribution in [3.8, 4) is 11.5 Å². The molecule has 1 aliphatic rings. The number of aromatic nitrogens is 1. The Morgan fingerprint density at radius 1 is 1.09 bits per heavy atom. The fourth-order valence-electron chi connectivity index (χ4n) is 3.96. The van der Waals surface area contributed by atoms with Gasteiger partial charge in [0, 0.05) is 38.4 Å². The number of ether oxygens (including phenoxy) is 3. The van der Waals surface area contributed by atoms with E-state index in [2.05, 4.69) is 20.1 Å². The summed E-state index contributed by atoms with van der Waals surface area (Å²) in [4.78, 5) is 33.7. The number of hydrogen-bond acceptors (Lipinski definition) is 8. The molecule has 1 aliphatic heterocycles. The van der Waals surface area contributed by atoms with Crippen LogP contribution < -0.4 is 19.7 Å². The molecule has 1 fully saturated rings. The van der Waals surface area contributed by atoms with E-state index in [9.17, 15) is 9.59 Å². The molecule has 9 nitrogen and oxygen atoms in total. The third-order valence-electron chi connectivity index (χ3n) is 5.36. The van der Waals surface area contributed by atoms with Crippen molar-refractivity contribution in [2.45, 2.75) is 26.8 Å². The monoisotopic (exact) mass is 444 g/mol. The standard InChI is InChI=1S/C23H32N4O5/c1-6-32-23(29)16-13-24-21-18(31-5)8-7-17(30-4)20(21)22(16)27-11-9-26(10-12-27)14-19(28)25-15(2)3/h7-8,13,15H,6,9-12,14H2,1-5H3,(H,25,28). The molecule has 3 rings (SSSR count). The molecular weight excluding hydrogens is 412 g/mol. The van der Waals surface area contributed by atoms with E-state index >= 15 is 0 Å². The number of carbonyl (C=O) groups is 2. The molecule has 2 heterocycles. The summed E-state index contributed by atoms with van der Waals surface area (Å²) >= 11 is 0. The highest BCUT2D eigenvalue weighted by molar-refractivity contribution is 6.09. The van der Waals surface area contributed by atoms with Crippen LogP contribution in [0.4, 0.5) is 5.69 Å². The molecular formula is C23H32N4O5. The molecule has 174 valence electrons. The van der Waals surface area contributed by atoms with E-state index in [0.717, 1.165) is 5.69 Å². The topological polar surface area (TPSA) is 93.2 Å². The SMILES string of the molecule is CCOC(=O)c1cnc2c(OC)ccc(OC)c2c1N1CCN(CC(=O)NC(C)C)CC1. The van der Waals surface area contributed by atoms with Gasteiger partial charge in [-0.25, -0.2) is 4.79 Å². The molecule has 0 saturated carbocycles. The van der Waals surface area contributed by atoms with Crippen molar-refractivity contribution >= 4 is 28.5 Å². The zero-order chi connectivity index (χ0) is 23.3. The zero-order valence-corrected chi connectivity index (χ0v) is 19.4. The van der Waals surface area contributed by atoms with Crippen LogP contribution >= 0.6 is 0 Å². The second-order valence-corrected chi connectivity index (χ2v) is 7.92. The second kappa shape index (κ2) is 10.5. The van der Waals surface area contributed by atoms with Crippen molar-refractivity contribution in [2.75, 3.05) is 58.5 Å². The summed E-state index contributed by atoms with van der Waals surface area (Å²) in [5, 5.41) is 3.64. The third kappa shape index (κ3) is 5.04. The number of pyridine rings is 1. The minimum absolute atomic E-state index is 0.0152. The van der Waals surface area contributed by atoms with Gasteiger partial charge in [-0.15, -0.1) is 0 Å². The maximum atomic E-state index is 12.8. The van der Waals surface area contributed by atoms with Gasteiger partial charge < -0.3 is 24.4 Å². The first-order chi connectivity index (χ1) is 15.4. The Morgan fingerprint density at radius 2 is 1.75 bits per heavy atom. The van der Waals surface area contributed by atoms with E-state index in [1.54, 1.807) is 33.4 Å². The molecule has 0 bridgehead atoms. The van der Waals surface area contributed by atoms with Gasteiger partial charge in [-0.2, -0.15) is 0 Å². The van der Waals surface area contributed by atoms with E-state index in [0.29, 0.717) is 60.7 Å². The summed E-state index contributed by atoms with van der Waals surface area (Å²) in [7, 11) is 3.18. The van der Waals surface area contributed by atoms with Crippen molar-refractivity contribution in [1.82, 2.24) is 15.2 Å². The molecule has 9 heteroatoms. The van der Waals surface area contributed by atoms with Gasteiger partial charge in [0.05, 0.1) is 38.4 Å². The molecule has 1 aromatic carbocycles. The minimum atomic E-state index is -0.430. The van der Waals surface area contributed by atoms with Gasteiger partial charge in [0.25, 0.3) is 0 Å². The molecule has 0 aliphatic carbocycles. The summed E-state index contributed by atoms with van der Waals surface area (Å²) < 4.78 is 16.4. The average molecular weight is 445 g/mol. The quantitative estimate of drug-likeness (QED) is 0.619. The fourth-order valence-corrected chi connectivity index (χ4v) is 3.96. The number of piperazine rings is 1. The number of nitrogens with zero attached hydrogens (tertiary/aromatic N) is 3. The van der Waals surface area contributed by atoms with Crippen LogP contribution in [0.1, 0.15) is 31.1 Å². The number of hydrogen-bond donors (Lipinski definition) is 1. The first-order valence-electron chi connectivity index (χ1n) is 10.9. The van der Waals surface area contributed by atoms with Gasteiger partial charge >= 0.3 is 5.97 Å².